The monoisotopic (exact) mass is 374 g/mol. The first kappa shape index (κ1) is 20.3. The Balaban J connectivity index is 2.84. The zero-order valence-corrected chi connectivity index (χ0v) is 15.2. The Bertz CT molecular complexity index is 820. The van der Waals surface area contributed by atoms with E-state index >= 15 is 0 Å². The Labute approximate surface area is 148 Å². The largest absolute Gasteiger partial charge is 0.416 e. The number of aryl methyl sites for hydroxylation is 2. The molecule has 0 saturated heterocycles. The molecule has 0 amide bonds. The quantitative estimate of drug-likeness (QED) is 0.459. The molecular formula is C20H20F6. The number of benzene rings is 2. The lowest BCUT2D eigenvalue weighted by Crippen LogP contribution is -2.16. The number of halogens is 6. The van der Waals surface area contributed by atoms with E-state index in [-0.39, 0.29) is 22.3 Å². The summed E-state index contributed by atoms with van der Waals surface area (Å²) >= 11 is 0. The fraction of sp³-hybridized carbons (Fsp3) is 0.400. The lowest BCUT2D eigenvalue weighted by atomic mass is 9.79. The van der Waals surface area contributed by atoms with Crippen LogP contribution in [0.1, 0.15) is 48.6 Å². The van der Waals surface area contributed by atoms with Crippen molar-refractivity contribution in [1.29, 1.82) is 0 Å². The van der Waals surface area contributed by atoms with E-state index in [1.54, 1.807) is 0 Å². The van der Waals surface area contributed by atoms with E-state index in [2.05, 4.69) is 0 Å². The van der Waals surface area contributed by atoms with Crippen LogP contribution in [-0.4, -0.2) is 0 Å². The summed E-state index contributed by atoms with van der Waals surface area (Å²) in [6, 6.07) is 6.03. The van der Waals surface area contributed by atoms with E-state index < -0.39 is 28.9 Å². The third-order valence-corrected chi connectivity index (χ3v) is 4.33. The molecule has 0 atom stereocenters. The first-order valence-corrected chi connectivity index (χ1v) is 8.03. The fourth-order valence-corrected chi connectivity index (χ4v) is 2.97. The van der Waals surface area contributed by atoms with Gasteiger partial charge in [0.25, 0.3) is 0 Å². The molecule has 0 unspecified atom stereocenters. The first-order valence-electron chi connectivity index (χ1n) is 8.03. The maximum absolute atomic E-state index is 13.3. The fourth-order valence-electron chi connectivity index (χ4n) is 2.97. The number of hydrogen-bond acceptors (Lipinski definition) is 0. The van der Waals surface area contributed by atoms with Gasteiger partial charge in [-0.05, 0) is 59.2 Å². The summed E-state index contributed by atoms with van der Waals surface area (Å²) in [5.41, 5.74) is -1.28. The summed E-state index contributed by atoms with van der Waals surface area (Å²) < 4.78 is 79.7. The Morgan fingerprint density at radius 3 is 1.58 bits per heavy atom. The molecule has 2 rings (SSSR count). The highest BCUT2D eigenvalue weighted by atomic mass is 19.4. The van der Waals surface area contributed by atoms with Crippen molar-refractivity contribution in [1.82, 2.24) is 0 Å². The zero-order chi connectivity index (χ0) is 20.1. The van der Waals surface area contributed by atoms with Gasteiger partial charge in [0, 0.05) is 0 Å². The molecule has 2 aromatic rings. The summed E-state index contributed by atoms with van der Waals surface area (Å²) in [5, 5.41) is 0. The smallest absolute Gasteiger partial charge is 0.166 e. The molecule has 0 fully saturated rings. The van der Waals surface area contributed by atoms with Gasteiger partial charge in [0.1, 0.15) is 0 Å². The number of alkyl halides is 6. The molecule has 0 radical (unpaired) electrons. The van der Waals surface area contributed by atoms with Crippen molar-refractivity contribution in [3.63, 3.8) is 0 Å². The van der Waals surface area contributed by atoms with Crippen LogP contribution in [0.2, 0.25) is 0 Å². The van der Waals surface area contributed by atoms with Crippen LogP contribution in [0.5, 0.6) is 0 Å². The van der Waals surface area contributed by atoms with Crippen LogP contribution in [0.25, 0.3) is 11.1 Å². The second kappa shape index (κ2) is 6.32. The van der Waals surface area contributed by atoms with Crippen molar-refractivity contribution >= 4 is 0 Å². The molecule has 0 heterocycles. The number of rotatable bonds is 1. The lowest BCUT2D eigenvalue weighted by Gasteiger charge is -2.26. The maximum atomic E-state index is 13.3. The minimum atomic E-state index is -4.58. The highest BCUT2D eigenvalue weighted by molar-refractivity contribution is 5.72. The van der Waals surface area contributed by atoms with Crippen molar-refractivity contribution in [2.45, 2.75) is 52.4 Å². The Morgan fingerprint density at radius 2 is 1.12 bits per heavy atom. The van der Waals surface area contributed by atoms with E-state index in [1.165, 1.54) is 32.0 Å². The molecule has 142 valence electrons. The average molecular weight is 374 g/mol. The molecule has 26 heavy (non-hydrogen) atoms. The molecule has 6 heteroatoms. The van der Waals surface area contributed by atoms with Crippen LogP contribution in [0.15, 0.2) is 30.3 Å². The SMILES string of the molecule is Cc1ccc(-c2cc(C(F)(F)F)c(C)cc2C(C)(C)C)cc1C(F)(F)F. The summed E-state index contributed by atoms with van der Waals surface area (Å²) in [4.78, 5) is 0. The minimum absolute atomic E-state index is 0.0294. The molecule has 0 aliphatic rings. The third-order valence-electron chi connectivity index (χ3n) is 4.33. The van der Waals surface area contributed by atoms with E-state index in [4.69, 9.17) is 0 Å². The standard InChI is InChI=1S/C20H20F6/c1-11-6-7-13(9-15(11)19(21,22)23)14-10-16(20(24,25)26)12(2)8-17(14)18(3,4)5/h6-10H,1-5H3. The molecule has 0 spiro atoms. The van der Waals surface area contributed by atoms with Gasteiger partial charge in [-0.15, -0.1) is 0 Å². The van der Waals surface area contributed by atoms with Crippen LogP contribution in [0.4, 0.5) is 26.3 Å². The van der Waals surface area contributed by atoms with Crippen LogP contribution in [0, 0.1) is 13.8 Å². The Morgan fingerprint density at radius 1 is 0.615 bits per heavy atom. The summed E-state index contributed by atoms with van der Waals surface area (Å²) in [7, 11) is 0. The van der Waals surface area contributed by atoms with Crippen LogP contribution < -0.4 is 0 Å². The van der Waals surface area contributed by atoms with Gasteiger partial charge in [-0.1, -0.05) is 39.0 Å². The van der Waals surface area contributed by atoms with Crippen molar-refractivity contribution in [2.24, 2.45) is 0 Å². The molecule has 2 aromatic carbocycles. The zero-order valence-electron chi connectivity index (χ0n) is 15.2. The summed E-state index contributed by atoms with van der Waals surface area (Å²) in [5.74, 6) is 0. The van der Waals surface area contributed by atoms with E-state index in [1.807, 2.05) is 20.8 Å². The molecule has 0 saturated carbocycles. The predicted molar refractivity (Wildman–Crippen MR) is 90.1 cm³/mol. The van der Waals surface area contributed by atoms with Gasteiger partial charge in [0.05, 0.1) is 11.1 Å². The van der Waals surface area contributed by atoms with Gasteiger partial charge >= 0.3 is 12.4 Å². The average Bonchev–Trinajstić information content (AvgIpc) is 2.44. The highest BCUT2D eigenvalue weighted by Crippen LogP contribution is 2.42. The highest BCUT2D eigenvalue weighted by Gasteiger charge is 2.36. The molecule has 0 bridgehead atoms. The third kappa shape index (κ3) is 4.05. The Kier molecular flexibility index (Phi) is 4.94. The molecule has 0 aliphatic heterocycles. The van der Waals surface area contributed by atoms with E-state index in [0.29, 0.717) is 5.56 Å². The Hall–Kier alpha value is -1.98. The molecule has 0 aliphatic carbocycles. The van der Waals surface area contributed by atoms with Crippen LogP contribution in [-0.2, 0) is 17.8 Å². The summed E-state index contributed by atoms with van der Waals surface area (Å²) in [6.07, 6.45) is -9.15. The van der Waals surface area contributed by atoms with Gasteiger partial charge in [-0.25, -0.2) is 0 Å². The second-order valence-electron chi connectivity index (χ2n) is 7.49. The normalized spacial score (nSPS) is 13.2. The van der Waals surface area contributed by atoms with Gasteiger partial charge < -0.3 is 0 Å². The molecular weight excluding hydrogens is 354 g/mol. The molecule has 0 nitrogen and oxygen atoms in total. The topological polar surface area (TPSA) is 0 Å². The lowest BCUT2D eigenvalue weighted by molar-refractivity contribution is -0.139. The second-order valence-corrected chi connectivity index (χ2v) is 7.49. The first-order chi connectivity index (χ1) is 11.6. The maximum Gasteiger partial charge on any atom is 0.416 e. The van der Waals surface area contributed by atoms with Crippen molar-refractivity contribution in [3.8, 4) is 11.1 Å². The van der Waals surface area contributed by atoms with Gasteiger partial charge in [-0.3, -0.25) is 0 Å². The van der Waals surface area contributed by atoms with Gasteiger partial charge in [-0.2, -0.15) is 26.3 Å². The van der Waals surface area contributed by atoms with E-state index in [9.17, 15) is 26.3 Å². The van der Waals surface area contributed by atoms with Crippen LogP contribution in [0.3, 0.4) is 0 Å². The van der Waals surface area contributed by atoms with E-state index in [0.717, 1.165) is 12.1 Å². The number of hydrogen-bond donors (Lipinski definition) is 0. The summed E-state index contributed by atoms with van der Waals surface area (Å²) in [6.45, 7) is 8.14. The molecule has 0 aromatic heterocycles. The molecule has 0 N–H and O–H groups in total. The minimum Gasteiger partial charge on any atom is -0.166 e. The van der Waals surface area contributed by atoms with Gasteiger partial charge in [0.2, 0.25) is 0 Å². The van der Waals surface area contributed by atoms with Crippen molar-refractivity contribution < 1.29 is 26.3 Å². The van der Waals surface area contributed by atoms with Crippen LogP contribution >= 0.6 is 0 Å². The predicted octanol–water partition coefficient (Wildman–Crippen LogP) is 7.31. The van der Waals surface area contributed by atoms with Gasteiger partial charge in [0.15, 0.2) is 0 Å². The van der Waals surface area contributed by atoms with Crippen molar-refractivity contribution in [2.75, 3.05) is 0 Å². The van der Waals surface area contributed by atoms with Crippen molar-refractivity contribution in [3.05, 3.63) is 58.1 Å².